The number of nitrogens with one attached hydrogen (secondary N) is 1. The Morgan fingerprint density at radius 1 is 1.22 bits per heavy atom. The number of methoxy groups -OCH3 is 1. The van der Waals surface area contributed by atoms with Gasteiger partial charge in [0.25, 0.3) is 0 Å². The zero-order valence-electron chi connectivity index (χ0n) is 16.0. The highest BCUT2D eigenvalue weighted by Gasteiger charge is 2.53. The Kier molecular flexibility index (Phi) is 4.55. The van der Waals surface area contributed by atoms with E-state index >= 15 is 0 Å². The minimum atomic E-state index is -0.340. The molecule has 2 amide bonds. The molecular weight excluding hydrogens is 360 g/mol. The summed E-state index contributed by atoms with van der Waals surface area (Å²) in [5, 5.41) is 4.08. The summed E-state index contributed by atoms with van der Waals surface area (Å²) >= 11 is 6.37. The average Bonchev–Trinajstić information content (AvgIpc) is 3.49. The molecule has 4 nitrogen and oxygen atoms in total. The Bertz CT molecular complexity index is 857. The lowest BCUT2D eigenvalue weighted by atomic mass is 9.74. The number of carbonyl (C=O) groups excluding carboxylic acids is 1. The van der Waals surface area contributed by atoms with Crippen molar-refractivity contribution in [1.29, 1.82) is 0 Å². The fraction of sp³-hybridized carbons (Fsp3) is 0.409. The van der Waals surface area contributed by atoms with Gasteiger partial charge in [0.1, 0.15) is 5.75 Å². The van der Waals surface area contributed by atoms with Crippen LogP contribution in [0.5, 0.6) is 5.75 Å². The monoisotopic (exact) mass is 384 g/mol. The lowest BCUT2D eigenvalue weighted by molar-refractivity contribution is 0.183. The maximum absolute atomic E-state index is 13.2. The van der Waals surface area contributed by atoms with Gasteiger partial charge in [-0.3, -0.25) is 4.90 Å². The third kappa shape index (κ3) is 3.06. The van der Waals surface area contributed by atoms with Crippen molar-refractivity contribution < 1.29 is 9.53 Å². The van der Waals surface area contributed by atoms with Crippen LogP contribution in [0.15, 0.2) is 42.5 Å². The predicted octanol–water partition coefficient (Wildman–Crippen LogP) is 5.34. The van der Waals surface area contributed by atoms with Crippen molar-refractivity contribution in [3.8, 4) is 5.75 Å². The molecule has 4 rings (SSSR count). The average molecular weight is 385 g/mol. The number of urea groups is 1. The van der Waals surface area contributed by atoms with Gasteiger partial charge in [0, 0.05) is 10.6 Å². The lowest BCUT2D eigenvalue weighted by Crippen LogP contribution is -2.59. The molecule has 1 fully saturated rings. The number of halogens is 1. The molecule has 5 heteroatoms. The van der Waals surface area contributed by atoms with Crippen LogP contribution < -0.4 is 15.0 Å². The third-order valence-electron chi connectivity index (χ3n) is 5.89. The van der Waals surface area contributed by atoms with Crippen LogP contribution >= 0.6 is 11.6 Å². The normalized spacial score (nSPS) is 21.8. The SMILES string of the molecule is COc1ccc(CN2C(=O)NC(C(C)C)(C3CC3)c3cc(Cl)ccc32)cc1. The lowest BCUT2D eigenvalue weighted by Gasteiger charge is -2.47. The highest BCUT2D eigenvalue weighted by atomic mass is 35.5. The molecule has 1 aliphatic carbocycles. The van der Waals surface area contributed by atoms with E-state index in [2.05, 4.69) is 19.2 Å². The molecule has 1 unspecified atom stereocenters. The first-order valence-corrected chi connectivity index (χ1v) is 9.86. The molecule has 27 heavy (non-hydrogen) atoms. The van der Waals surface area contributed by atoms with E-state index in [0.717, 1.165) is 35.4 Å². The second-order valence-corrected chi connectivity index (χ2v) is 8.26. The smallest absolute Gasteiger partial charge is 0.322 e. The number of hydrogen-bond acceptors (Lipinski definition) is 2. The second-order valence-electron chi connectivity index (χ2n) is 7.82. The predicted molar refractivity (Wildman–Crippen MR) is 108 cm³/mol. The first kappa shape index (κ1) is 18.2. The Morgan fingerprint density at radius 3 is 2.52 bits per heavy atom. The van der Waals surface area contributed by atoms with Gasteiger partial charge < -0.3 is 10.1 Å². The summed E-state index contributed by atoms with van der Waals surface area (Å²) in [7, 11) is 1.65. The number of amides is 2. The standard InChI is InChI=1S/C22H25ClN2O2/c1-14(2)22(16-6-7-16)19-12-17(23)8-11-20(19)25(21(26)24-22)13-15-4-9-18(27-3)10-5-15/h4-5,8-12,14,16H,6-7,13H2,1-3H3,(H,24,26). The maximum Gasteiger partial charge on any atom is 0.322 e. The highest BCUT2D eigenvalue weighted by molar-refractivity contribution is 6.30. The Hall–Kier alpha value is -2.20. The van der Waals surface area contributed by atoms with Crippen LogP contribution in [0, 0.1) is 11.8 Å². The molecule has 1 saturated carbocycles. The third-order valence-corrected chi connectivity index (χ3v) is 6.12. The van der Waals surface area contributed by atoms with Gasteiger partial charge in [0.05, 0.1) is 24.9 Å². The fourth-order valence-corrected chi connectivity index (χ4v) is 4.53. The Morgan fingerprint density at radius 2 is 1.93 bits per heavy atom. The molecule has 2 aromatic rings. The molecule has 1 heterocycles. The van der Waals surface area contributed by atoms with E-state index in [1.807, 2.05) is 47.4 Å². The van der Waals surface area contributed by atoms with E-state index in [1.165, 1.54) is 0 Å². The van der Waals surface area contributed by atoms with E-state index in [-0.39, 0.29) is 17.5 Å². The molecule has 2 aliphatic rings. The van der Waals surface area contributed by atoms with Crippen LogP contribution in [0.25, 0.3) is 0 Å². The van der Waals surface area contributed by atoms with Gasteiger partial charge in [0.15, 0.2) is 0 Å². The zero-order chi connectivity index (χ0) is 19.2. The number of anilines is 1. The number of benzene rings is 2. The van der Waals surface area contributed by atoms with E-state index in [4.69, 9.17) is 16.3 Å². The van der Waals surface area contributed by atoms with E-state index in [1.54, 1.807) is 7.11 Å². The zero-order valence-corrected chi connectivity index (χ0v) is 16.7. The summed E-state index contributed by atoms with van der Waals surface area (Å²) in [6.45, 7) is 4.87. The maximum atomic E-state index is 13.2. The summed E-state index contributed by atoms with van der Waals surface area (Å²) in [5.74, 6) is 1.57. The molecule has 0 radical (unpaired) electrons. The Labute approximate surface area is 165 Å². The molecule has 0 spiro atoms. The molecule has 1 N–H and O–H groups in total. The van der Waals surface area contributed by atoms with Crippen molar-refractivity contribution in [2.75, 3.05) is 12.0 Å². The minimum Gasteiger partial charge on any atom is -0.497 e. The summed E-state index contributed by atoms with van der Waals surface area (Å²) in [4.78, 5) is 15.0. The van der Waals surface area contributed by atoms with Crippen molar-refractivity contribution >= 4 is 23.3 Å². The molecule has 0 saturated heterocycles. The summed E-state index contributed by atoms with van der Waals surface area (Å²) in [5.41, 5.74) is 2.81. The van der Waals surface area contributed by atoms with Crippen LogP contribution in [0.2, 0.25) is 5.02 Å². The second kappa shape index (κ2) is 6.75. The molecule has 0 bridgehead atoms. The van der Waals surface area contributed by atoms with Gasteiger partial charge in [-0.25, -0.2) is 4.79 Å². The highest BCUT2D eigenvalue weighted by Crippen LogP contribution is 2.54. The number of fused-ring (bicyclic) bond motifs is 1. The van der Waals surface area contributed by atoms with Crippen LogP contribution in [-0.2, 0) is 12.1 Å². The molecule has 0 aromatic heterocycles. The summed E-state index contributed by atoms with van der Waals surface area (Å²) < 4.78 is 5.23. The summed E-state index contributed by atoms with van der Waals surface area (Å²) in [6.07, 6.45) is 2.28. The van der Waals surface area contributed by atoms with Crippen LogP contribution in [0.1, 0.15) is 37.8 Å². The topological polar surface area (TPSA) is 41.6 Å². The van der Waals surface area contributed by atoms with Gasteiger partial charge in [-0.2, -0.15) is 0 Å². The minimum absolute atomic E-state index is 0.0405. The first-order chi connectivity index (χ1) is 13.0. The fourth-order valence-electron chi connectivity index (χ4n) is 4.35. The van der Waals surface area contributed by atoms with Gasteiger partial charge in [-0.15, -0.1) is 0 Å². The van der Waals surface area contributed by atoms with Gasteiger partial charge >= 0.3 is 6.03 Å². The van der Waals surface area contributed by atoms with Crippen LogP contribution in [-0.4, -0.2) is 13.1 Å². The van der Waals surface area contributed by atoms with Gasteiger partial charge in [-0.05, 0) is 60.6 Å². The first-order valence-electron chi connectivity index (χ1n) is 9.48. The van der Waals surface area contributed by atoms with Gasteiger partial charge in [0.2, 0.25) is 0 Å². The number of rotatable bonds is 5. The molecule has 1 atom stereocenters. The molecule has 1 aliphatic heterocycles. The summed E-state index contributed by atoms with van der Waals surface area (Å²) in [6, 6.07) is 13.7. The van der Waals surface area contributed by atoms with Crippen molar-refractivity contribution in [3.63, 3.8) is 0 Å². The number of hydrogen-bond donors (Lipinski definition) is 1. The van der Waals surface area contributed by atoms with Crippen molar-refractivity contribution in [1.82, 2.24) is 5.32 Å². The largest absolute Gasteiger partial charge is 0.497 e. The number of ether oxygens (including phenoxy) is 1. The van der Waals surface area contributed by atoms with Crippen LogP contribution in [0.4, 0.5) is 10.5 Å². The number of carbonyl (C=O) groups is 1. The van der Waals surface area contributed by atoms with Gasteiger partial charge in [-0.1, -0.05) is 37.6 Å². The van der Waals surface area contributed by atoms with Crippen molar-refractivity contribution in [3.05, 3.63) is 58.6 Å². The quantitative estimate of drug-likeness (QED) is 0.755. The molecular formula is C22H25ClN2O2. The Balaban J connectivity index is 1.76. The van der Waals surface area contributed by atoms with E-state index in [0.29, 0.717) is 17.5 Å². The van der Waals surface area contributed by atoms with E-state index < -0.39 is 0 Å². The van der Waals surface area contributed by atoms with E-state index in [9.17, 15) is 4.79 Å². The number of nitrogens with zero attached hydrogens (tertiary/aromatic N) is 1. The molecule has 2 aromatic carbocycles. The molecule has 142 valence electrons. The van der Waals surface area contributed by atoms with Crippen molar-refractivity contribution in [2.45, 2.75) is 38.8 Å². The van der Waals surface area contributed by atoms with Crippen LogP contribution in [0.3, 0.4) is 0 Å². The van der Waals surface area contributed by atoms with Crippen molar-refractivity contribution in [2.24, 2.45) is 11.8 Å².